The van der Waals surface area contributed by atoms with Crippen molar-refractivity contribution in [2.45, 2.75) is 32.3 Å². The average Bonchev–Trinajstić information content (AvgIpc) is 3.16. The van der Waals surface area contributed by atoms with E-state index in [1.165, 1.54) is 25.9 Å². The number of aryl methyl sites for hydroxylation is 1. The summed E-state index contributed by atoms with van der Waals surface area (Å²) >= 11 is 0. The second-order valence-corrected chi connectivity index (χ2v) is 7.73. The maximum Gasteiger partial charge on any atom is 0.185 e. The molecule has 0 aliphatic carbocycles. The molecule has 0 radical (unpaired) electrons. The van der Waals surface area contributed by atoms with Crippen LogP contribution in [0.2, 0.25) is 0 Å². The molecule has 1 fully saturated rings. The Morgan fingerprint density at radius 2 is 1.93 bits per heavy atom. The summed E-state index contributed by atoms with van der Waals surface area (Å²) in [5.74, 6) is 0.748. The minimum absolute atomic E-state index is 0.115. The van der Waals surface area contributed by atoms with Gasteiger partial charge in [0.1, 0.15) is 0 Å². The molecule has 0 amide bonds. The maximum atomic E-state index is 10.0. The lowest BCUT2D eigenvalue weighted by atomic mass is 9.89. The fourth-order valence-corrected chi connectivity index (χ4v) is 4.13. The molecule has 1 saturated heterocycles. The summed E-state index contributed by atoms with van der Waals surface area (Å²) < 4.78 is 5.66. The third kappa shape index (κ3) is 3.69. The molecule has 1 aliphatic heterocycles. The first-order valence-corrected chi connectivity index (χ1v) is 9.89. The van der Waals surface area contributed by atoms with Crippen molar-refractivity contribution in [1.29, 1.82) is 5.26 Å². The first kappa shape index (κ1) is 18.7. The van der Waals surface area contributed by atoms with Gasteiger partial charge in [0.2, 0.25) is 0 Å². The average molecular weight is 373 g/mol. The predicted molar refractivity (Wildman–Crippen MR) is 111 cm³/mol. The SMILES string of the molecule is BN1CCC(CCc2noc3c(CO)c(-c4ccc(C#N)cc4)ccc23)CC1. The summed E-state index contributed by atoms with van der Waals surface area (Å²) in [6, 6.07) is 13.6. The number of fused-ring (bicyclic) bond motifs is 1. The zero-order valence-corrected chi connectivity index (χ0v) is 16.2. The zero-order chi connectivity index (χ0) is 19.5. The van der Waals surface area contributed by atoms with Gasteiger partial charge in [-0.2, -0.15) is 5.26 Å². The van der Waals surface area contributed by atoms with E-state index in [1.807, 2.05) is 24.3 Å². The number of aliphatic hydroxyl groups excluding tert-OH is 1. The van der Waals surface area contributed by atoms with Gasteiger partial charge in [-0.05, 0) is 74.0 Å². The smallest absolute Gasteiger partial charge is 0.185 e. The quantitative estimate of drug-likeness (QED) is 0.696. The minimum Gasteiger partial charge on any atom is -0.392 e. The van der Waals surface area contributed by atoms with E-state index in [4.69, 9.17) is 9.78 Å². The largest absolute Gasteiger partial charge is 0.392 e. The van der Waals surface area contributed by atoms with Gasteiger partial charge >= 0.3 is 0 Å². The van der Waals surface area contributed by atoms with E-state index in [0.717, 1.165) is 46.5 Å². The number of nitrogens with zero attached hydrogens (tertiary/aromatic N) is 3. The Labute approximate surface area is 166 Å². The van der Waals surface area contributed by atoms with Crippen LogP contribution in [0.4, 0.5) is 0 Å². The highest BCUT2D eigenvalue weighted by Crippen LogP contribution is 2.33. The number of aromatic nitrogens is 1. The van der Waals surface area contributed by atoms with E-state index >= 15 is 0 Å². The molecular weight excluding hydrogens is 349 g/mol. The fraction of sp³-hybridized carbons (Fsp3) is 0.364. The van der Waals surface area contributed by atoms with Crippen LogP contribution < -0.4 is 0 Å². The highest BCUT2D eigenvalue weighted by atomic mass is 16.5. The van der Waals surface area contributed by atoms with Crippen molar-refractivity contribution in [3.63, 3.8) is 0 Å². The van der Waals surface area contributed by atoms with Crippen LogP contribution in [0.1, 0.15) is 36.1 Å². The standard InChI is InChI=1S/C22H24BN3O2/c23-26-11-9-15(10-12-26)3-8-21-19-7-6-18(20(14-27)22(19)28-25-21)17-4-1-16(13-24)2-5-17/h1-2,4-7,15,27H,3,8-12,14,23H2. The minimum atomic E-state index is -0.115. The van der Waals surface area contributed by atoms with Crippen LogP contribution in [0.25, 0.3) is 22.1 Å². The first-order chi connectivity index (χ1) is 13.7. The third-order valence-electron chi connectivity index (χ3n) is 5.93. The molecule has 0 saturated carbocycles. The van der Waals surface area contributed by atoms with Crippen LogP contribution in [0.15, 0.2) is 40.9 Å². The lowest BCUT2D eigenvalue weighted by Crippen LogP contribution is -2.31. The summed E-state index contributed by atoms with van der Waals surface area (Å²) in [6.45, 7) is 2.23. The summed E-state index contributed by atoms with van der Waals surface area (Å²) in [5.41, 5.74) is 4.89. The molecule has 142 valence electrons. The van der Waals surface area contributed by atoms with E-state index in [9.17, 15) is 5.11 Å². The van der Waals surface area contributed by atoms with Crippen molar-refractivity contribution in [3.05, 3.63) is 53.2 Å². The van der Waals surface area contributed by atoms with Crippen LogP contribution in [-0.4, -0.2) is 36.1 Å². The molecule has 1 N–H and O–H groups in total. The van der Waals surface area contributed by atoms with Gasteiger partial charge in [0.05, 0.1) is 23.9 Å². The second kappa shape index (κ2) is 8.18. The molecule has 3 aromatic rings. The topological polar surface area (TPSA) is 73.3 Å². The van der Waals surface area contributed by atoms with Crippen molar-refractivity contribution in [3.8, 4) is 17.2 Å². The summed E-state index contributed by atoms with van der Waals surface area (Å²) in [5, 5.41) is 24.3. The third-order valence-corrected chi connectivity index (χ3v) is 5.93. The molecule has 0 bridgehead atoms. The Bertz CT molecular complexity index is 999. The molecule has 4 rings (SSSR count). The number of nitriles is 1. The van der Waals surface area contributed by atoms with Crippen LogP contribution >= 0.6 is 0 Å². The molecule has 28 heavy (non-hydrogen) atoms. The van der Waals surface area contributed by atoms with Crippen molar-refractivity contribution in [2.75, 3.05) is 13.1 Å². The van der Waals surface area contributed by atoms with Gasteiger partial charge in [0.25, 0.3) is 0 Å². The Balaban J connectivity index is 1.59. The molecule has 0 atom stereocenters. The highest BCUT2D eigenvalue weighted by molar-refractivity contribution is 6.04. The maximum absolute atomic E-state index is 10.0. The Kier molecular flexibility index (Phi) is 5.47. The van der Waals surface area contributed by atoms with Crippen molar-refractivity contribution in [1.82, 2.24) is 9.97 Å². The van der Waals surface area contributed by atoms with Gasteiger partial charge in [-0.3, -0.25) is 0 Å². The fourth-order valence-electron chi connectivity index (χ4n) is 4.13. The summed E-state index contributed by atoms with van der Waals surface area (Å²) in [7, 11) is 2.18. The molecule has 2 aromatic carbocycles. The van der Waals surface area contributed by atoms with E-state index in [1.54, 1.807) is 12.1 Å². The van der Waals surface area contributed by atoms with E-state index in [0.29, 0.717) is 11.1 Å². The molecule has 1 aromatic heterocycles. The Morgan fingerprint density at radius 3 is 2.61 bits per heavy atom. The van der Waals surface area contributed by atoms with E-state index in [2.05, 4.69) is 24.0 Å². The van der Waals surface area contributed by atoms with Gasteiger partial charge in [-0.1, -0.05) is 23.4 Å². The number of rotatable bonds is 5. The number of benzene rings is 2. The molecule has 2 heterocycles. The molecule has 6 heteroatoms. The summed E-state index contributed by atoms with van der Waals surface area (Å²) in [4.78, 5) is 2.39. The van der Waals surface area contributed by atoms with Crippen molar-refractivity contribution < 1.29 is 9.63 Å². The first-order valence-electron chi connectivity index (χ1n) is 9.89. The van der Waals surface area contributed by atoms with Gasteiger partial charge in [-0.25, -0.2) is 0 Å². The number of hydrogen-bond donors (Lipinski definition) is 1. The highest BCUT2D eigenvalue weighted by Gasteiger charge is 2.20. The number of aliphatic hydroxyl groups is 1. The molecule has 5 nitrogen and oxygen atoms in total. The number of piperidine rings is 1. The lowest BCUT2D eigenvalue weighted by molar-refractivity contribution is 0.270. The monoisotopic (exact) mass is 373 g/mol. The Morgan fingerprint density at radius 1 is 1.18 bits per heavy atom. The van der Waals surface area contributed by atoms with Gasteiger partial charge in [-0.15, -0.1) is 0 Å². The summed E-state index contributed by atoms with van der Waals surface area (Å²) in [6.07, 6.45) is 4.53. The molecule has 1 aliphatic rings. The normalized spacial score (nSPS) is 15.7. The van der Waals surface area contributed by atoms with Crippen LogP contribution in [-0.2, 0) is 13.0 Å². The Hall–Kier alpha value is -2.62. The predicted octanol–water partition coefficient (Wildman–Crippen LogP) is 3.05. The zero-order valence-electron chi connectivity index (χ0n) is 16.2. The van der Waals surface area contributed by atoms with Gasteiger partial charge in [0.15, 0.2) is 13.6 Å². The molecule has 0 spiro atoms. The van der Waals surface area contributed by atoms with Crippen LogP contribution in [0, 0.1) is 17.2 Å². The van der Waals surface area contributed by atoms with Crippen LogP contribution in [0.3, 0.4) is 0 Å². The molecular formula is C22H24BN3O2. The van der Waals surface area contributed by atoms with Gasteiger partial charge < -0.3 is 14.4 Å². The lowest BCUT2D eigenvalue weighted by Gasteiger charge is -2.29. The van der Waals surface area contributed by atoms with E-state index < -0.39 is 0 Å². The van der Waals surface area contributed by atoms with Crippen molar-refractivity contribution in [2.24, 2.45) is 5.92 Å². The van der Waals surface area contributed by atoms with Crippen molar-refractivity contribution >= 4 is 19.0 Å². The second-order valence-electron chi connectivity index (χ2n) is 7.73. The number of hydrogen-bond acceptors (Lipinski definition) is 5. The molecule has 0 unspecified atom stereocenters. The van der Waals surface area contributed by atoms with Gasteiger partial charge in [0, 0.05) is 10.9 Å². The van der Waals surface area contributed by atoms with E-state index in [-0.39, 0.29) is 6.61 Å². The van der Waals surface area contributed by atoms with Crippen LogP contribution in [0.5, 0.6) is 0 Å².